The van der Waals surface area contributed by atoms with Gasteiger partial charge < -0.3 is 48.6 Å². The Balaban J connectivity index is 0.852. The van der Waals surface area contributed by atoms with Crippen molar-refractivity contribution in [2.75, 3.05) is 96.1 Å². The van der Waals surface area contributed by atoms with Crippen LogP contribution in [-0.2, 0) is 51.3 Å². The van der Waals surface area contributed by atoms with Gasteiger partial charge in [0.25, 0.3) is 11.8 Å². The first-order valence-corrected chi connectivity index (χ1v) is 28.6. The van der Waals surface area contributed by atoms with Crippen LogP contribution in [0, 0.1) is 11.3 Å². The number of likely N-dealkylation sites (tertiary alicyclic amines) is 2. The van der Waals surface area contributed by atoms with E-state index in [9.17, 15) is 28.7 Å². The average Bonchev–Trinajstić information content (AvgIpc) is 4.22. The van der Waals surface area contributed by atoms with E-state index in [2.05, 4.69) is 29.0 Å². The zero-order chi connectivity index (χ0) is 59.1. The second-order valence-electron chi connectivity index (χ2n) is 22.5. The number of hydrogen-bond donors (Lipinski definition) is 1. The molecule has 3 aromatic carbocycles. The highest BCUT2D eigenvalue weighted by atomic mass is 35.5. The molecule has 1 N–H and O–H groups in total. The van der Waals surface area contributed by atoms with Crippen LogP contribution >= 0.6 is 11.6 Å². The summed E-state index contributed by atoms with van der Waals surface area (Å²) in [6.07, 6.45) is -3.65. The molecular formula is C60H65ClF5N11O7. The predicted molar refractivity (Wildman–Crippen MR) is 301 cm³/mol. The fourth-order valence-electron chi connectivity index (χ4n) is 12.9. The largest absolute Gasteiger partial charge is 0.462 e. The molecule has 3 unspecified atom stereocenters. The molecule has 11 rings (SSSR count). The predicted octanol–water partition coefficient (Wildman–Crippen LogP) is 7.97. The van der Waals surface area contributed by atoms with Crippen LogP contribution in [0.1, 0.15) is 88.6 Å². The Labute approximate surface area is 488 Å². The molecule has 5 aromatic rings. The van der Waals surface area contributed by atoms with Crippen molar-refractivity contribution in [1.29, 1.82) is 5.26 Å². The molecule has 4 saturated heterocycles. The smallest absolute Gasteiger partial charge is 0.416 e. The number of ether oxygens (including phenoxy) is 4. The molecule has 0 radical (unpaired) electrons. The van der Waals surface area contributed by atoms with Crippen molar-refractivity contribution >= 4 is 45.8 Å². The number of fused-ring (bicyclic) bond motifs is 3. The van der Waals surface area contributed by atoms with E-state index in [4.69, 9.17) is 50.5 Å². The van der Waals surface area contributed by atoms with Crippen molar-refractivity contribution in [2.24, 2.45) is 0 Å². The van der Waals surface area contributed by atoms with E-state index in [1.807, 2.05) is 55.4 Å². The highest BCUT2D eigenvalue weighted by Gasteiger charge is 2.42. The van der Waals surface area contributed by atoms with Crippen LogP contribution in [-0.4, -0.2) is 167 Å². The lowest BCUT2D eigenvalue weighted by molar-refractivity contribution is -0.140. The summed E-state index contributed by atoms with van der Waals surface area (Å²) in [5, 5.41) is 22.8. The van der Waals surface area contributed by atoms with Gasteiger partial charge in [0.05, 0.1) is 73.6 Å². The maximum Gasteiger partial charge on any atom is 0.416 e. The standard InChI is InChI=1S/C60H65ClF5N11O7/c1-34(62)56(79)75-19-20-76(42(28-75)29-78)55-46-33-82-52(25-50(46)69-59(71-55)83-30-40-10-7-17-72(40)3)44-23-37(13-14-47(44)60(64,65)66)38-22-41(73(4)26-38)31-84-58-68-49-24-51(43-11-5-8-36-9-6-12-48(61)53(36)43)81-32-45(49)54(70-58)74-18-21-77(57(80)35(2)63)39(27-74)15-16-67/h5-6,8-9,11-14,23,38-42,51-52,78H,1-2,7,10,15,17-22,24-33H2,3-4H3/t38?,39-,40-,41+,42+,51?,52?/m0/s1. The lowest BCUT2D eigenvalue weighted by atomic mass is 9.89. The molecule has 7 atom stereocenters. The highest BCUT2D eigenvalue weighted by Crippen LogP contribution is 2.45. The van der Waals surface area contributed by atoms with E-state index in [-0.39, 0.29) is 114 Å². The highest BCUT2D eigenvalue weighted by molar-refractivity contribution is 6.35. The number of halogens is 6. The van der Waals surface area contributed by atoms with Crippen LogP contribution in [0.3, 0.4) is 0 Å². The number of nitrogens with zero attached hydrogens (tertiary/aromatic N) is 11. The summed E-state index contributed by atoms with van der Waals surface area (Å²) in [5.41, 5.74) is 2.98. The fourth-order valence-corrected chi connectivity index (χ4v) is 13.2. The quantitative estimate of drug-likeness (QED) is 0.0785. The number of piperazine rings is 2. The molecule has 2 amide bonds. The molecule has 0 aliphatic carbocycles. The molecule has 8 heterocycles. The first-order chi connectivity index (χ1) is 40.4. The van der Waals surface area contributed by atoms with Gasteiger partial charge in [-0.05, 0) is 80.0 Å². The molecule has 444 valence electrons. The van der Waals surface area contributed by atoms with E-state index < -0.39 is 66.1 Å². The van der Waals surface area contributed by atoms with Gasteiger partial charge in [0.2, 0.25) is 0 Å². The van der Waals surface area contributed by atoms with Gasteiger partial charge in [-0.2, -0.15) is 38.4 Å². The Kier molecular flexibility index (Phi) is 17.1. The Morgan fingerprint density at radius 2 is 1.44 bits per heavy atom. The fraction of sp³-hybridized carbons (Fsp3) is 0.483. The first-order valence-electron chi connectivity index (χ1n) is 28.2. The van der Waals surface area contributed by atoms with Gasteiger partial charge in [0.1, 0.15) is 24.8 Å². The number of aromatic nitrogens is 4. The third-order valence-corrected chi connectivity index (χ3v) is 17.7. The summed E-state index contributed by atoms with van der Waals surface area (Å²) in [7, 11) is 3.93. The molecule has 0 spiro atoms. The van der Waals surface area contributed by atoms with Crippen LogP contribution < -0.4 is 19.3 Å². The van der Waals surface area contributed by atoms with Crippen molar-refractivity contribution in [3.05, 3.63) is 129 Å². The van der Waals surface area contributed by atoms with E-state index in [0.29, 0.717) is 64.1 Å². The number of rotatable bonds is 15. The third kappa shape index (κ3) is 12.0. The second kappa shape index (κ2) is 24.5. The number of likely N-dealkylation sites (N-methyl/N-ethyl adjacent to an activating group) is 2. The number of anilines is 2. The van der Waals surface area contributed by atoms with Gasteiger partial charge >= 0.3 is 18.2 Å². The summed E-state index contributed by atoms with van der Waals surface area (Å²) in [5.74, 6) is -3.36. The monoisotopic (exact) mass is 1180 g/mol. The maximum atomic E-state index is 15.1. The van der Waals surface area contributed by atoms with E-state index in [1.54, 1.807) is 11.0 Å². The normalized spacial score (nSPS) is 24.0. The zero-order valence-corrected chi connectivity index (χ0v) is 47.4. The van der Waals surface area contributed by atoms with Crippen molar-refractivity contribution in [3.63, 3.8) is 0 Å². The molecule has 6 aliphatic rings. The molecule has 6 aliphatic heterocycles. The topological polar surface area (TPSA) is 186 Å². The first kappa shape index (κ1) is 58.7. The minimum absolute atomic E-state index is 0.0208. The summed E-state index contributed by atoms with van der Waals surface area (Å²) in [6, 6.07) is 16.5. The van der Waals surface area contributed by atoms with Crippen LogP contribution in [0.15, 0.2) is 79.4 Å². The van der Waals surface area contributed by atoms with E-state index in [1.165, 1.54) is 15.9 Å². The molecule has 4 fully saturated rings. The lowest BCUT2D eigenvalue weighted by Gasteiger charge is -2.42. The number of nitriles is 1. The van der Waals surface area contributed by atoms with Crippen LogP contribution in [0.25, 0.3) is 10.8 Å². The van der Waals surface area contributed by atoms with Crippen LogP contribution in [0.5, 0.6) is 12.0 Å². The maximum absolute atomic E-state index is 15.1. The number of carbonyl (C=O) groups is 2. The van der Waals surface area contributed by atoms with Gasteiger partial charge in [0.15, 0.2) is 11.7 Å². The number of amides is 2. The molecule has 0 saturated carbocycles. The number of benzene rings is 3. The van der Waals surface area contributed by atoms with Crippen molar-refractivity contribution in [1.82, 2.24) is 39.5 Å². The number of aliphatic hydroxyl groups is 1. The second-order valence-corrected chi connectivity index (χ2v) is 22.9. The minimum atomic E-state index is -4.73. The van der Waals surface area contributed by atoms with Gasteiger partial charge in [-0.15, -0.1) is 0 Å². The van der Waals surface area contributed by atoms with Crippen molar-refractivity contribution in [2.45, 2.75) is 100 Å². The minimum Gasteiger partial charge on any atom is -0.462 e. The molecule has 24 heteroatoms. The van der Waals surface area contributed by atoms with E-state index >= 15 is 13.2 Å². The Bertz CT molecular complexity index is 3400. The van der Waals surface area contributed by atoms with E-state index in [0.717, 1.165) is 41.8 Å². The SMILES string of the molecule is C=C(F)C(=O)N1CCN(c2nc(OC[C@@H]3CCCN3C)nc3c2COC(c2cc(C4C[C@H](COc5nc6c(c(N7CCN(C(=O)C(=C)F)[C@@H](CC#N)C7)n5)COC(c5cccc7cccc(Cl)c57)C6)N(C)C4)ccc2C(F)(F)F)C3)[C@@H](CO)C1. The summed E-state index contributed by atoms with van der Waals surface area (Å²) in [6.45, 7) is 8.37. The summed E-state index contributed by atoms with van der Waals surface area (Å²) < 4.78 is 99.4. The Hall–Kier alpha value is -7.07. The van der Waals surface area contributed by atoms with Gasteiger partial charge in [-0.25, -0.2) is 8.78 Å². The number of carbonyl (C=O) groups excluding carboxylic acids is 2. The molecule has 84 heavy (non-hydrogen) atoms. The van der Waals surface area contributed by atoms with Crippen LogP contribution in [0.2, 0.25) is 5.02 Å². The van der Waals surface area contributed by atoms with Gasteiger partial charge in [-0.1, -0.05) is 67.2 Å². The summed E-state index contributed by atoms with van der Waals surface area (Å²) in [4.78, 5) is 55.6. The Morgan fingerprint density at radius 1 is 0.774 bits per heavy atom. The van der Waals surface area contributed by atoms with Crippen LogP contribution in [0.4, 0.5) is 33.6 Å². The van der Waals surface area contributed by atoms with Gasteiger partial charge in [-0.3, -0.25) is 14.5 Å². The number of hydrogen-bond acceptors (Lipinski definition) is 16. The molecule has 18 nitrogen and oxygen atoms in total. The number of alkyl halides is 3. The lowest BCUT2D eigenvalue weighted by Crippen LogP contribution is -2.57. The molecular weight excluding hydrogens is 1120 g/mol. The Morgan fingerprint density at radius 3 is 2.10 bits per heavy atom. The third-order valence-electron chi connectivity index (χ3n) is 17.4. The number of aliphatic hydroxyl groups excluding tert-OH is 1. The van der Waals surface area contributed by atoms with Gasteiger partial charge in [0, 0.05) is 92.3 Å². The molecule has 2 aromatic heterocycles. The summed E-state index contributed by atoms with van der Waals surface area (Å²) >= 11 is 6.78. The average molecular weight is 1180 g/mol. The van der Waals surface area contributed by atoms with Crippen molar-refractivity contribution in [3.8, 4) is 18.1 Å². The zero-order valence-electron chi connectivity index (χ0n) is 46.7. The molecule has 0 bridgehead atoms. The van der Waals surface area contributed by atoms with Crippen molar-refractivity contribution < 1.29 is 55.6 Å².